The monoisotopic (exact) mass is 319 g/mol. The Morgan fingerprint density at radius 2 is 1.67 bits per heavy atom. The summed E-state index contributed by atoms with van der Waals surface area (Å²) in [6.07, 6.45) is 10.9. The van der Waals surface area contributed by atoms with E-state index in [0.29, 0.717) is 0 Å². The molecule has 2 nitrogen and oxygen atoms in total. The van der Waals surface area contributed by atoms with Crippen LogP contribution in [0.3, 0.4) is 0 Å². The van der Waals surface area contributed by atoms with Crippen molar-refractivity contribution in [2.45, 2.75) is 50.5 Å². The molecule has 0 radical (unpaired) electrons. The summed E-state index contributed by atoms with van der Waals surface area (Å²) in [5.41, 5.74) is 2.18. The van der Waals surface area contributed by atoms with Crippen LogP contribution in [0.25, 0.3) is 0 Å². The molecule has 2 aromatic carbocycles. The number of aliphatic imine (C=N–C) groups is 1. The molecule has 1 atom stereocenters. The van der Waals surface area contributed by atoms with E-state index in [-0.39, 0.29) is 5.54 Å². The van der Waals surface area contributed by atoms with Gasteiger partial charge in [-0.2, -0.15) is 0 Å². The van der Waals surface area contributed by atoms with Crippen molar-refractivity contribution in [1.82, 2.24) is 0 Å². The van der Waals surface area contributed by atoms with Crippen LogP contribution in [0, 0.1) is 5.92 Å². The minimum Gasteiger partial charge on any atom is -0.446 e. The second-order valence-corrected chi connectivity index (χ2v) is 7.12. The van der Waals surface area contributed by atoms with Gasteiger partial charge in [-0.15, -0.1) is 0 Å². The number of para-hydroxylation sites is 1. The molecule has 124 valence electrons. The zero-order chi connectivity index (χ0) is 16.2. The van der Waals surface area contributed by atoms with E-state index in [9.17, 15) is 0 Å². The fraction of sp³-hybridized carbons (Fsp3) is 0.409. The summed E-state index contributed by atoms with van der Waals surface area (Å²) in [6, 6.07) is 19.1. The second-order valence-electron chi connectivity index (χ2n) is 7.12. The van der Waals surface area contributed by atoms with E-state index in [4.69, 9.17) is 9.73 Å². The smallest absolute Gasteiger partial charge is 0.177 e. The third-order valence-corrected chi connectivity index (χ3v) is 5.68. The number of hydrogen-bond acceptors (Lipinski definition) is 2. The normalized spacial score (nSPS) is 23.5. The van der Waals surface area contributed by atoms with Crippen molar-refractivity contribution in [1.29, 1.82) is 0 Å². The number of ether oxygens (including phenoxy) is 1. The molecule has 2 aliphatic rings. The van der Waals surface area contributed by atoms with Crippen molar-refractivity contribution in [2.75, 3.05) is 0 Å². The number of nitrogens with zero attached hydrogens (tertiary/aromatic N) is 1. The van der Waals surface area contributed by atoms with Gasteiger partial charge in [0.25, 0.3) is 0 Å². The molecule has 0 amide bonds. The molecular formula is C22H25NO. The lowest BCUT2D eigenvalue weighted by atomic mass is 9.75. The molecule has 4 rings (SSSR count). The lowest BCUT2D eigenvalue weighted by molar-refractivity contribution is 0.300. The molecule has 1 fully saturated rings. The first-order valence-electron chi connectivity index (χ1n) is 9.24. The van der Waals surface area contributed by atoms with Gasteiger partial charge in [0, 0.05) is 5.56 Å². The first kappa shape index (κ1) is 15.4. The predicted molar refractivity (Wildman–Crippen MR) is 98.6 cm³/mol. The van der Waals surface area contributed by atoms with Crippen LogP contribution in [0.4, 0.5) is 0 Å². The number of hydrogen-bond donors (Lipinski definition) is 0. The van der Waals surface area contributed by atoms with Crippen LogP contribution in [-0.4, -0.2) is 6.40 Å². The summed E-state index contributed by atoms with van der Waals surface area (Å²) in [4.78, 5) is 4.91. The Morgan fingerprint density at radius 3 is 2.50 bits per heavy atom. The molecule has 0 N–H and O–H groups in total. The van der Waals surface area contributed by atoms with Crippen LogP contribution in [0.15, 0.2) is 59.6 Å². The first-order valence-corrected chi connectivity index (χ1v) is 9.24. The summed E-state index contributed by atoms with van der Waals surface area (Å²) < 4.78 is 5.70. The Hall–Kier alpha value is -2.09. The SMILES string of the molecule is C1=NC(CCC2CCCCC2)(c2ccccc2)c2ccccc2O1. The zero-order valence-corrected chi connectivity index (χ0v) is 14.2. The molecule has 1 heterocycles. The van der Waals surface area contributed by atoms with Crippen molar-refractivity contribution < 1.29 is 4.74 Å². The standard InChI is InChI=1S/C22H25NO/c1-3-9-18(10-4-1)15-16-22(19-11-5-2-6-12-19)20-13-7-8-14-21(20)24-17-23-22/h2,5-8,11-14,17-18H,1,3-4,9-10,15-16H2. The molecule has 0 saturated heterocycles. The van der Waals surface area contributed by atoms with Gasteiger partial charge in [0.2, 0.25) is 0 Å². The maximum atomic E-state index is 5.70. The van der Waals surface area contributed by atoms with E-state index in [1.165, 1.54) is 49.7 Å². The highest BCUT2D eigenvalue weighted by Crippen LogP contribution is 2.45. The Bertz CT molecular complexity index is 703. The molecule has 24 heavy (non-hydrogen) atoms. The fourth-order valence-electron chi connectivity index (χ4n) is 4.33. The van der Waals surface area contributed by atoms with Gasteiger partial charge < -0.3 is 4.74 Å². The van der Waals surface area contributed by atoms with Crippen LogP contribution in [0.1, 0.15) is 56.1 Å². The molecule has 1 aliphatic carbocycles. The highest BCUT2D eigenvalue weighted by Gasteiger charge is 2.38. The van der Waals surface area contributed by atoms with Crippen molar-refractivity contribution in [3.8, 4) is 5.75 Å². The second kappa shape index (κ2) is 6.80. The van der Waals surface area contributed by atoms with Gasteiger partial charge in [-0.3, -0.25) is 0 Å². The lowest BCUT2D eigenvalue weighted by Crippen LogP contribution is -2.30. The third-order valence-electron chi connectivity index (χ3n) is 5.68. The highest BCUT2D eigenvalue weighted by atomic mass is 16.5. The molecule has 2 heteroatoms. The molecule has 0 aromatic heterocycles. The summed E-state index contributed by atoms with van der Waals surface area (Å²) in [5, 5.41) is 0. The molecular weight excluding hydrogens is 294 g/mol. The van der Waals surface area contributed by atoms with Crippen LogP contribution in [0.2, 0.25) is 0 Å². The first-order chi connectivity index (χ1) is 11.9. The predicted octanol–water partition coefficient (Wildman–Crippen LogP) is 5.71. The van der Waals surface area contributed by atoms with Crippen molar-refractivity contribution >= 4 is 6.40 Å². The summed E-state index contributed by atoms with van der Waals surface area (Å²) in [6.45, 7) is 0. The molecule has 2 aromatic rings. The van der Waals surface area contributed by atoms with Crippen molar-refractivity contribution in [2.24, 2.45) is 10.9 Å². The van der Waals surface area contributed by atoms with Crippen LogP contribution in [-0.2, 0) is 5.54 Å². The quantitative estimate of drug-likeness (QED) is 0.707. The van der Waals surface area contributed by atoms with E-state index >= 15 is 0 Å². The Labute approximate surface area is 144 Å². The maximum absolute atomic E-state index is 5.70. The fourth-order valence-corrected chi connectivity index (χ4v) is 4.33. The zero-order valence-electron chi connectivity index (χ0n) is 14.2. The van der Waals surface area contributed by atoms with E-state index < -0.39 is 0 Å². The molecule has 1 saturated carbocycles. The minimum absolute atomic E-state index is 0.298. The third kappa shape index (κ3) is 2.86. The number of fused-ring (bicyclic) bond motifs is 1. The minimum atomic E-state index is -0.298. The van der Waals surface area contributed by atoms with Gasteiger partial charge in [-0.1, -0.05) is 80.6 Å². The summed E-state index contributed by atoms with van der Waals surface area (Å²) in [5.74, 6) is 1.80. The Balaban J connectivity index is 1.70. The van der Waals surface area contributed by atoms with Gasteiger partial charge >= 0.3 is 0 Å². The van der Waals surface area contributed by atoms with Gasteiger partial charge in [0.15, 0.2) is 6.40 Å². The van der Waals surface area contributed by atoms with E-state index in [2.05, 4.69) is 48.5 Å². The van der Waals surface area contributed by atoms with E-state index in [1.807, 2.05) is 6.07 Å². The van der Waals surface area contributed by atoms with Gasteiger partial charge in [-0.25, -0.2) is 4.99 Å². The summed E-state index contributed by atoms with van der Waals surface area (Å²) >= 11 is 0. The van der Waals surface area contributed by atoms with Gasteiger partial charge in [-0.05, 0) is 30.4 Å². The van der Waals surface area contributed by atoms with Crippen molar-refractivity contribution in [3.63, 3.8) is 0 Å². The maximum Gasteiger partial charge on any atom is 0.177 e. The average Bonchev–Trinajstić information content (AvgIpc) is 2.68. The lowest BCUT2D eigenvalue weighted by Gasteiger charge is -2.36. The van der Waals surface area contributed by atoms with Crippen LogP contribution in [0.5, 0.6) is 5.75 Å². The van der Waals surface area contributed by atoms with E-state index in [0.717, 1.165) is 18.1 Å². The van der Waals surface area contributed by atoms with Crippen LogP contribution >= 0.6 is 0 Å². The molecule has 1 aliphatic heterocycles. The average molecular weight is 319 g/mol. The largest absolute Gasteiger partial charge is 0.446 e. The Kier molecular flexibility index (Phi) is 4.38. The molecule has 0 bridgehead atoms. The van der Waals surface area contributed by atoms with Crippen molar-refractivity contribution in [3.05, 3.63) is 65.7 Å². The number of rotatable bonds is 4. The van der Waals surface area contributed by atoms with E-state index in [1.54, 1.807) is 6.40 Å². The summed E-state index contributed by atoms with van der Waals surface area (Å²) in [7, 11) is 0. The van der Waals surface area contributed by atoms with Crippen LogP contribution < -0.4 is 4.74 Å². The molecule has 0 spiro atoms. The molecule has 1 unspecified atom stereocenters. The van der Waals surface area contributed by atoms with Gasteiger partial charge in [0.05, 0.1) is 0 Å². The highest BCUT2D eigenvalue weighted by molar-refractivity contribution is 5.62. The topological polar surface area (TPSA) is 21.6 Å². The number of benzene rings is 2. The Morgan fingerprint density at radius 1 is 0.917 bits per heavy atom. The van der Waals surface area contributed by atoms with Gasteiger partial charge in [0.1, 0.15) is 11.3 Å².